The van der Waals surface area contributed by atoms with Crippen LogP contribution >= 0.6 is 0 Å². The van der Waals surface area contributed by atoms with Crippen molar-refractivity contribution >= 4 is 17.8 Å². The SMILES string of the molecule is CCN(C(=O)c1cc(F)ccc1Oc1cncnc1N1CC2(CCN(CC3CCC(NC(=O)OC(C)(C)C)CC3)CC2)C1)C(C)C. The first kappa shape index (κ1) is 33.9. The molecule has 1 spiro atoms. The lowest BCUT2D eigenvalue weighted by atomic mass is 9.71. The summed E-state index contributed by atoms with van der Waals surface area (Å²) in [5.74, 6) is 1.35. The fraction of sp³-hybridized carbons (Fsp3) is 0.657. The molecule has 0 unspecified atom stereocenters. The summed E-state index contributed by atoms with van der Waals surface area (Å²) in [6, 6.07) is 4.22. The van der Waals surface area contributed by atoms with Gasteiger partial charge in [0.1, 0.15) is 23.5 Å². The number of hydrogen-bond acceptors (Lipinski definition) is 8. The second-order valence-corrected chi connectivity index (χ2v) is 14.7. The Morgan fingerprint density at radius 1 is 1.11 bits per heavy atom. The standard InChI is InChI=1S/C35H51FN6O4/c1-7-42(24(2)3)32(43)28-18-26(36)10-13-29(28)45-30-19-37-23-38-31(30)41-21-35(22-41)14-16-40(17-15-35)20-25-8-11-27(12-9-25)39-33(44)46-34(4,5)6/h10,13,18-19,23-25,27H,7-9,11-12,14-17,20-22H2,1-6H3,(H,39,44). The lowest BCUT2D eigenvalue weighted by Gasteiger charge is -2.54. The maximum absolute atomic E-state index is 14.3. The van der Waals surface area contributed by atoms with E-state index in [0.29, 0.717) is 29.8 Å². The number of amides is 2. The summed E-state index contributed by atoms with van der Waals surface area (Å²) in [6.45, 7) is 17.0. The third-order valence-corrected chi connectivity index (χ3v) is 9.63. The summed E-state index contributed by atoms with van der Waals surface area (Å²) in [7, 11) is 0. The number of hydrogen-bond donors (Lipinski definition) is 1. The third kappa shape index (κ3) is 8.27. The quantitative estimate of drug-likeness (QED) is 0.344. The molecule has 1 saturated carbocycles. The van der Waals surface area contributed by atoms with Gasteiger partial charge in [0.2, 0.25) is 0 Å². The van der Waals surface area contributed by atoms with Gasteiger partial charge in [0.05, 0.1) is 11.8 Å². The van der Waals surface area contributed by atoms with Gasteiger partial charge in [-0.25, -0.2) is 19.2 Å². The van der Waals surface area contributed by atoms with Crippen LogP contribution in [0.1, 0.15) is 90.4 Å². The summed E-state index contributed by atoms with van der Waals surface area (Å²) in [4.78, 5) is 40.8. The van der Waals surface area contributed by atoms with Gasteiger partial charge in [0, 0.05) is 43.7 Å². The van der Waals surface area contributed by atoms with Gasteiger partial charge in [0.25, 0.3) is 5.91 Å². The van der Waals surface area contributed by atoms with Gasteiger partial charge in [0.15, 0.2) is 11.6 Å². The Balaban J connectivity index is 1.12. The van der Waals surface area contributed by atoms with E-state index in [1.165, 1.54) is 24.5 Å². The smallest absolute Gasteiger partial charge is 0.407 e. The largest absolute Gasteiger partial charge is 0.451 e. The normalized spacial score (nSPS) is 21.5. The second kappa shape index (κ2) is 14.1. The topological polar surface area (TPSA) is 100 Å². The minimum Gasteiger partial charge on any atom is -0.451 e. The number of carbonyl (C=O) groups excluding carboxylic acids is 2. The van der Waals surface area contributed by atoms with E-state index in [0.717, 1.165) is 71.2 Å². The van der Waals surface area contributed by atoms with Crippen LogP contribution in [0.4, 0.5) is 15.0 Å². The molecule has 1 aromatic carbocycles. The molecule has 2 amide bonds. The Hall–Kier alpha value is -3.47. The summed E-state index contributed by atoms with van der Waals surface area (Å²) in [6.07, 6.45) is 9.35. The van der Waals surface area contributed by atoms with E-state index < -0.39 is 11.4 Å². The summed E-state index contributed by atoms with van der Waals surface area (Å²) in [5, 5.41) is 3.05. The number of nitrogens with one attached hydrogen (secondary N) is 1. The van der Waals surface area contributed by atoms with Crippen LogP contribution in [-0.4, -0.2) is 88.7 Å². The molecule has 46 heavy (non-hydrogen) atoms. The first-order valence-corrected chi connectivity index (χ1v) is 16.9. The molecular formula is C35H51FN6O4. The lowest BCUT2D eigenvalue weighted by Crippen LogP contribution is -2.61. The predicted octanol–water partition coefficient (Wildman–Crippen LogP) is 6.26. The van der Waals surface area contributed by atoms with Crippen LogP contribution in [0.2, 0.25) is 0 Å². The number of carbonyl (C=O) groups is 2. The molecule has 0 radical (unpaired) electrons. The molecule has 2 saturated heterocycles. The molecule has 1 aromatic heterocycles. The molecule has 3 heterocycles. The summed E-state index contributed by atoms with van der Waals surface area (Å²) < 4.78 is 26.0. The van der Waals surface area contributed by atoms with E-state index in [1.54, 1.807) is 11.1 Å². The number of likely N-dealkylation sites (tertiary alicyclic amines) is 1. The fourth-order valence-electron chi connectivity index (χ4n) is 7.16. The number of ether oxygens (including phenoxy) is 2. The zero-order valence-electron chi connectivity index (χ0n) is 28.4. The van der Waals surface area contributed by atoms with Crippen LogP contribution in [0.5, 0.6) is 11.5 Å². The van der Waals surface area contributed by atoms with Gasteiger partial charge in [-0.2, -0.15) is 0 Å². The predicted molar refractivity (Wildman–Crippen MR) is 176 cm³/mol. The van der Waals surface area contributed by atoms with Crippen LogP contribution in [-0.2, 0) is 4.74 Å². The van der Waals surface area contributed by atoms with Crippen molar-refractivity contribution in [3.63, 3.8) is 0 Å². The van der Waals surface area contributed by atoms with Crippen molar-refractivity contribution in [1.29, 1.82) is 0 Å². The number of halogens is 1. The number of benzene rings is 1. The fourth-order valence-corrected chi connectivity index (χ4v) is 7.16. The van der Waals surface area contributed by atoms with Crippen LogP contribution in [0, 0.1) is 17.2 Å². The van der Waals surface area contributed by atoms with Crippen molar-refractivity contribution in [1.82, 2.24) is 25.1 Å². The zero-order chi connectivity index (χ0) is 33.1. The van der Waals surface area contributed by atoms with E-state index in [4.69, 9.17) is 9.47 Å². The Morgan fingerprint density at radius 2 is 1.80 bits per heavy atom. The Kier molecular flexibility index (Phi) is 10.4. The van der Waals surface area contributed by atoms with E-state index >= 15 is 0 Å². The van der Waals surface area contributed by atoms with Gasteiger partial charge in [-0.15, -0.1) is 0 Å². The molecule has 1 N–H and O–H groups in total. The second-order valence-electron chi connectivity index (χ2n) is 14.7. The van der Waals surface area contributed by atoms with Gasteiger partial charge < -0.3 is 29.5 Å². The first-order chi connectivity index (χ1) is 21.8. The Bertz CT molecular complexity index is 1360. The first-order valence-electron chi connectivity index (χ1n) is 16.9. The van der Waals surface area contributed by atoms with E-state index in [2.05, 4.69) is 25.1 Å². The molecule has 3 aliphatic rings. The van der Waals surface area contributed by atoms with Gasteiger partial charge in [-0.1, -0.05) is 0 Å². The highest BCUT2D eigenvalue weighted by molar-refractivity contribution is 5.97. The monoisotopic (exact) mass is 638 g/mol. The minimum absolute atomic E-state index is 0.0314. The summed E-state index contributed by atoms with van der Waals surface area (Å²) >= 11 is 0. The molecule has 11 heteroatoms. The van der Waals surface area contributed by atoms with Crippen molar-refractivity contribution in [2.24, 2.45) is 11.3 Å². The van der Waals surface area contributed by atoms with E-state index in [9.17, 15) is 14.0 Å². The molecule has 2 aliphatic heterocycles. The van der Waals surface area contributed by atoms with E-state index in [1.807, 2.05) is 41.5 Å². The number of rotatable bonds is 9. The average molecular weight is 639 g/mol. The highest BCUT2D eigenvalue weighted by Crippen LogP contribution is 2.45. The van der Waals surface area contributed by atoms with Crippen molar-refractivity contribution in [3.8, 4) is 11.5 Å². The van der Waals surface area contributed by atoms with Crippen LogP contribution in [0.25, 0.3) is 0 Å². The molecule has 0 atom stereocenters. The van der Waals surface area contributed by atoms with E-state index in [-0.39, 0.29) is 35.1 Å². The number of aromatic nitrogens is 2. The van der Waals surface area contributed by atoms with Crippen molar-refractivity contribution in [3.05, 3.63) is 42.1 Å². The van der Waals surface area contributed by atoms with Crippen LogP contribution < -0.4 is 15.0 Å². The highest BCUT2D eigenvalue weighted by Gasteiger charge is 2.46. The maximum atomic E-state index is 14.3. The van der Waals surface area contributed by atoms with Crippen molar-refractivity contribution < 1.29 is 23.5 Å². The minimum atomic E-state index is -0.487. The number of anilines is 1. The highest BCUT2D eigenvalue weighted by atomic mass is 19.1. The number of piperidine rings is 1. The van der Waals surface area contributed by atoms with Crippen molar-refractivity contribution in [2.75, 3.05) is 44.2 Å². The molecular weight excluding hydrogens is 587 g/mol. The average Bonchev–Trinajstić information content (AvgIpc) is 2.98. The van der Waals surface area contributed by atoms with Crippen LogP contribution in [0.3, 0.4) is 0 Å². The third-order valence-electron chi connectivity index (χ3n) is 9.63. The van der Waals surface area contributed by atoms with Gasteiger partial charge in [-0.3, -0.25) is 4.79 Å². The molecule has 252 valence electrons. The van der Waals surface area contributed by atoms with Gasteiger partial charge >= 0.3 is 6.09 Å². The van der Waals surface area contributed by atoms with Crippen LogP contribution in [0.15, 0.2) is 30.7 Å². The number of alkyl carbamates (subject to hydrolysis) is 1. The maximum Gasteiger partial charge on any atom is 0.407 e. The molecule has 1 aliphatic carbocycles. The zero-order valence-corrected chi connectivity index (χ0v) is 28.4. The Labute approximate surface area is 273 Å². The van der Waals surface area contributed by atoms with Gasteiger partial charge in [-0.05, 0) is 117 Å². The van der Waals surface area contributed by atoms with Crippen molar-refractivity contribution in [2.45, 2.75) is 97.8 Å². The molecule has 3 fully saturated rings. The molecule has 2 aromatic rings. The molecule has 0 bridgehead atoms. The Morgan fingerprint density at radius 3 is 2.43 bits per heavy atom. The summed E-state index contributed by atoms with van der Waals surface area (Å²) in [5.41, 5.74) is -0.0378. The molecule has 10 nitrogen and oxygen atoms in total. The number of nitrogens with zero attached hydrogens (tertiary/aromatic N) is 5. The molecule has 5 rings (SSSR count). The lowest BCUT2D eigenvalue weighted by molar-refractivity contribution is 0.0465.